The van der Waals surface area contributed by atoms with Crippen molar-refractivity contribution in [3.05, 3.63) is 76.7 Å². The van der Waals surface area contributed by atoms with E-state index in [-0.39, 0.29) is 16.8 Å². The molecule has 2 aromatic carbocycles. The van der Waals surface area contributed by atoms with Crippen LogP contribution in [0, 0.1) is 5.82 Å². The lowest BCUT2D eigenvalue weighted by Crippen LogP contribution is -2.40. The quantitative estimate of drug-likeness (QED) is 0.344. The van der Waals surface area contributed by atoms with E-state index in [1.807, 2.05) is 12.1 Å². The van der Waals surface area contributed by atoms with Gasteiger partial charge in [0, 0.05) is 16.8 Å². The van der Waals surface area contributed by atoms with Gasteiger partial charge in [-0.3, -0.25) is 4.98 Å². The Morgan fingerprint density at radius 2 is 1.68 bits per heavy atom. The standard InChI is InChI=1S/C30H38FNOSi/c1-20(2)28-26(19-33-34(6,7)30(3,4)5)27(22-15-17-23(31)18-16-22)25-14-10-12-21-11-8-9-13-24(21)29(25)32-28/h8-9,11,13,15-18,20H,10,12,14,19H2,1-7H3. The molecule has 2 nitrogen and oxygen atoms in total. The Morgan fingerprint density at radius 1 is 1.00 bits per heavy atom. The van der Waals surface area contributed by atoms with Gasteiger partial charge in [-0.15, -0.1) is 0 Å². The Balaban J connectivity index is 1.99. The van der Waals surface area contributed by atoms with Gasteiger partial charge < -0.3 is 4.43 Å². The Morgan fingerprint density at radius 3 is 2.32 bits per heavy atom. The topological polar surface area (TPSA) is 22.1 Å². The van der Waals surface area contributed by atoms with Crippen LogP contribution in [0.5, 0.6) is 0 Å². The predicted molar refractivity (Wildman–Crippen MR) is 143 cm³/mol. The summed E-state index contributed by atoms with van der Waals surface area (Å²) >= 11 is 0. The molecule has 1 aliphatic rings. The van der Waals surface area contributed by atoms with Gasteiger partial charge in [-0.2, -0.15) is 0 Å². The summed E-state index contributed by atoms with van der Waals surface area (Å²) in [7, 11) is -1.97. The Labute approximate surface area is 205 Å². The van der Waals surface area contributed by atoms with Crippen LogP contribution in [0.4, 0.5) is 4.39 Å². The number of benzene rings is 2. The van der Waals surface area contributed by atoms with E-state index in [1.165, 1.54) is 27.8 Å². The number of hydrogen-bond donors (Lipinski definition) is 0. The van der Waals surface area contributed by atoms with Gasteiger partial charge in [0.25, 0.3) is 0 Å². The highest BCUT2D eigenvalue weighted by atomic mass is 28.4. The molecule has 1 aromatic heterocycles. The van der Waals surface area contributed by atoms with Crippen LogP contribution < -0.4 is 0 Å². The molecule has 0 aliphatic heterocycles. The minimum Gasteiger partial charge on any atom is -0.412 e. The fourth-order valence-electron chi connectivity index (χ4n) is 4.63. The van der Waals surface area contributed by atoms with Crippen LogP contribution in [0.3, 0.4) is 0 Å². The Kier molecular flexibility index (Phi) is 6.85. The zero-order valence-corrected chi connectivity index (χ0v) is 22.8. The first-order valence-corrected chi connectivity index (χ1v) is 15.4. The second kappa shape index (κ2) is 9.39. The Bertz CT molecular complexity index is 1180. The molecule has 0 saturated heterocycles. The maximum Gasteiger partial charge on any atom is 0.192 e. The smallest absolute Gasteiger partial charge is 0.192 e. The van der Waals surface area contributed by atoms with E-state index in [9.17, 15) is 4.39 Å². The van der Waals surface area contributed by atoms with Crippen LogP contribution >= 0.6 is 0 Å². The van der Waals surface area contributed by atoms with Gasteiger partial charge >= 0.3 is 0 Å². The third-order valence-electron chi connectivity index (χ3n) is 7.64. The van der Waals surface area contributed by atoms with Gasteiger partial charge in [-0.1, -0.05) is 71.0 Å². The third-order valence-corrected chi connectivity index (χ3v) is 12.1. The normalized spacial score (nSPS) is 14.0. The van der Waals surface area contributed by atoms with Gasteiger partial charge in [-0.25, -0.2) is 4.39 Å². The molecule has 1 heterocycles. The molecule has 0 fully saturated rings. The van der Waals surface area contributed by atoms with Gasteiger partial charge in [0.05, 0.1) is 12.3 Å². The highest BCUT2D eigenvalue weighted by Gasteiger charge is 2.38. The van der Waals surface area contributed by atoms with Gasteiger partial charge in [0.15, 0.2) is 8.32 Å². The first-order chi connectivity index (χ1) is 16.0. The van der Waals surface area contributed by atoms with Crippen molar-refractivity contribution in [2.75, 3.05) is 0 Å². The number of rotatable bonds is 5. The average Bonchev–Trinajstić information content (AvgIpc) is 2.96. The molecule has 0 spiro atoms. The number of pyridine rings is 1. The van der Waals surface area contributed by atoms with Crippen molar-refractivity contribution in [3.8, 4) is 22.4 Å². The molecule has 180 valence electrons. The average molecular weight is 476 g/mol. The number of halogens is 1. The molecule has 0 atom stereocenters. The van der Waals surface area contributed by atoms with E-state index in [0.717, 1.165) is 36.2 Å². The molecule has 0 N–H and O–H groups in total. The van der Waals surface area contributed by atoms with Crippen molar-refractivity contribution in [3.63, 3.8) is 0 Å². The summed E-state index contributed by atoms with van der Waals surface area (Å²) in [4.78, 5) is 5.34. The number of hydrogen-bond acceptors (Lipinski definition) is 2. The van der Waals surface area contributed by atoms with Crippen LogP contribution in [0.15, 0.2) is 48.5 Å². The van der Waals surface area contributed by atoms with Crippen molar-refractivity contribution < 1.29 is 8.82 Å². The lowest BCUT2D eigenvalue weighted by atomic mass is 9.87. The van der Waals surface area contributed by atoms with Gasteiger partial charge in [0.2, 0.25) is 0 Å². The number of aryl methyl sites for hydroxylation is 1. The van der Waals surface area contributed by atoms with Crippen molar-refractivity contribution >= 4 is 8.32 Å². The zero-order valence-electron chi connectivity index (χ0n) is 21.8. The van der Waals surface area contributed by atoms with Gasteiger partial charge in [0.1, 0.15) is 5.82 Å². The second-order valence-electron chi connectivity index (χ2n) is 11.4. The molecular formula is C30H38FNOSi. The predicted octanol–water partition coefficient (Wildman–Crippen LogP) is 8.69. The van der Waals surface area contributed by atoms with Crippen LogP contribution in [0.2, 0.25) is 18.1 Å². The summed E-state index contributed by atoms with van der Waals surface area (Å²) in [6.45, 7) is 16.4. The minimum absolute atomic E-state index is 0.124. The summed E-state index contributed by atoms with van der Waals surface area (Å²) in [6, 6.07) is 15.6. The van der Waals surface area contributed by atoms with Crippen molar-refractivity contribution in [1.29, 1.82) is 0 Å². The highest BCUT2D eigenvalue weighted by Crippen LogP contribution is 2.43. The van der Waals surface area contributed by atoms with Crippen molar-refractivity contribution in [2.24, 2.45) is 0 Å². The minimum atomic E-state index is -1.97. The molecule has 1 aliphatic carbocycles. The zero-order chi connectivity index (χ0) is 24.7. The van der Waals surface area contributed by atoms with Gasteiger partial charge in [-0.05, 0) is 77.7 Å². The monoisotopic (exact) mass is 475 g/mol. The number of fused-ring (bicyclic) bond motifs is 3. The second-order valence-corrected chi connectivity index (χ2v) is 16.2. The molecule has 0 bridgehead atoms. The highest BCUT2D eigenvalue weighted by molar-refractivity contribution is 6.74. The fourth-order valence-corrected chi connectivity index (χ4v) is 5.57. The summed E-state index contributed by atoms with van der Waals surface area (Å²) in [5.74, 6) is 0.0373. The maximum atomic E-state index is 13.9. The summed E-state index contributed by atoms with van der Waals surface area (Å²) in [5.41, 5.74) is 9.47. The largest absolute Gasteiger partial charge is 0.412 e. The molecule has 4 heteroatoms. The Hall–Kier alpha value is -2.30. The van der Waals surface area contributed by atoms with Crippen LogP contribution in [0.1, 0.15) is 69.3 Å². The molecule has 34 heavy (non-hydrogen) atoms. The lowest BCUT2D eigenvalue weighted by molar-refractivity contribution is 0.274. The lowest BCUT2D eigenvalue weighted by Gasteiger charge is -2.37. The van der Waals surface area contributed by atoms with Crippen molar-refractivity contribution in [2.45, 2.75) is 84.5 Å². The van der Waals surface area contributed by atoms with Crippen LogP contribution in [-0.4, -0.2) is 13.3 Å². The molecule has 0 radical (unpaired) electrons. The van der Waals surface area contributed by atoms with E-state index >= 15 is 0 Å². The first kappa shape index (κ1) is 24.8. The van der Waals surface area contributed by atoms with Crippen LogP contribution in [0.25, 0.3) is 22.4 Å². The first-order valence-electron chi connectivity index (χ1n) is 12.5. The molecule has 0 saturated carbocycles. The SMILES string of the molecule is CC(C)c1nc2c(c(-c3ccc(F)cc3)c1CO[Si](C)(C)C(C)(C)C)CCCc1ccccc1-2. The molecule has 0 amide bonds. The number of aromatic nitrogens is 1. The molecule has 4 rings (SSSR count). The van der Waals surface area contributed by atoms with E-state index in [4.69, 9.17) is 9.41 Å². The van der Waals surface area contributed by atoms with Crippen molar-refractivity contribution in [1.82, 2.24) is 4.98 Å². The molecule has 0 unspecified atom stereocenters. The summed E-state index contributed by atoms with van der Waals surface area (Å²) in [6.07, 6.45) is 3.07. The van der Waals surface area contributed by atoms with E-state index in [0.29, 0.717) is 6.61 Å². The summed E-state index contributed by atoms with van der Waals surface area (Å²) < 4.78 is 20.7. The van der Waals surface area contributed by atoms with E-state index in [1.54, 1.807) is 12.1 Å². The molecule has 3 aromatic rings. The molecular weight excluding hydrogens is 437 g/mol. The maximum absolute atomic E-state index is 13.9. The fraction of sp³-hybridized carbons (Fsp3) is 0.433. The van der Waals surface area contributed by atoms with Crippen LogP contribution in [-0.2, 0) is 23.9 Å². The van der Waals surface area contributed by atoms with E-state index < -0.39 is 8.32 Å². The van der Waals surface area contributed by atoms with E-state index in [2.05, 4.69) is 72.0 Å². The summed E-state index contributed by atoms with van der Waals surface area (Å²) in [5, 5.41) is 0.124. The third kappa shape index (κ3) is 4.76. The number of nitrogens with zero attached hydrogens (tertiary/aromatic N) is 1.